The van der Waals surface area contributed by atoms with Crippen LogP contribution in [0.25, 0.3) is 0 Å². The van der Waals surface area contributed by atoms with E-state index in [1.54, 1.807) is 30.1 Å². The van der Waals surface area contributed by atoms with Gasteiger partial charge in [0.15, 0.2) is 0 Å². The first kappa shape index (κ1) is 17.4. The van der Waals surface area contributed by atoms with Gasteiger partial charge in [0.25, 0.3) is 0 Å². The Balaban J connectivity index is 1.39. The maximum Gasteiger partial charge on any atom is 0.236 e. The van der Waals surface area contributed by atoms with Crippen molar-refractivity contribution in [3.05, 3.63) is 35.6 Å². The number of likely N-dealkylation sites (tertiary alicyclic amines) is 1. The highest BCUT2D eigenvalue weighted by atomic mass is 19.1. The van der Waals surface area contributed by atoms with Crippen LogP contribution in [0.3, 0.4) is 0 Å². The van der Waals surface area contributed by atoms with Gasteiger partial charge in [-0.2, -0.15) is 0 Å². The lowest BCUT2D eigenvalue weighted by molar-refractivity contribution is -0.132. The van der Waals surface area contributed by atoms with Crippen molar-refractivity contribution in [3.8, 4) is 0 Å². The molecule has 1 aliphatic heterocycles. The van der Waals surface area contributed by atoms with Crippen LogP contribution in [0, 0.1) is 11.7 Å². The molecule has 1 saturated heterocycles. The molecule has 1 N–H and O–H groups in total. The van der Waals surface area contributed by atoms with Gasteiger partial charge in [0.1, 0.15) is 5.82 Å². The molecule has 24 heavy (non-hydrogen) atoms. The zero-order valence-corrected chi connectivity index (χ0v) is 14.5. The number of amides is 1. The molecule has 2 aliphatic rings. The third-order valence-electron chi connectivity index (χ3n) is 5.13. The van der Waals surface area contributed by atoms with Crippen molar-refractivity contribution in [3.63, 3.8) is 0 Å². The van der Waals surface area contributed by atoms with E-state index in [0.29, 0.717) is 24.7 Å². The van der Waals surface area contributed by atoms with E-state index < -0.39 is 0 Å². The smallest absolute Gasteiger partial charge is 0.236 e. The van der Waals surface area contributed by atoms with Gasteiger partial charge in [-0.3, -0.25) is 9.69 Å². The summed E-state index contributed by atoms with van der Waals surface area (Å²) in [6, 6.07) is 7.25. The Labute approximate surface area is 144 Å². The fraction of sp³-hybridized carbons (Fsp3) is 0.632. The summed E-state index contributed by atoms with van der Waals surface area (Å²) in [4.78, 5) is 16.2. The van der Waals surface area contributed by atoms with Gasteiger partial charge in [-0.05, 0) is 44.2 Å². The number of nitrogens with one attached hydrogen (secondary N) is 1. The summed E-state index contributed by atoms with van der Waals surface area (Å²) >= 11 is 0. The lowest BCUT2D eigenvalue weighted by atomic mass is 10.0. The number of nitrogens with zero attached hydrogens (tertiary/aromatic N) is 2. The highest BCUT2D eigenvalue weighted by molar-refractivity contribution is 5.78. The van der Waals surface area contributed by atoms with E-state index in [1.807, 2.05) is 0 Å². The highest BCUT2D eigenvalue weighted by Gasteiger charge is 2.25. The average Bonchev–Trinajstić information content (AvgIpc) is 3.40. The Kier molecular flexibility index (Phi) is 5.85. The fourth-order valence-electron chi connectivity index (χ4n) is 3.23. The molecule has 0 atom stereocenters. The number of hydrogen-bond donors (Lipinski definition) is 1. The molecule has 1 aliphatic carbocycles. The molecule has 3 rings (SSSR count). The van der Waals surface area contributed by atoms with Crippen LogP contribution in [0.2, 0.25) is 0 Å². The monoisotopic (exact) mass is 333 g/mol. The molecule has 1 aromatic rings. The molecular formula is C19H28FN3O. The number of piperidine rings is 1. The molecule has 5 heteroatoms. The second kappa shape index (κ2) is 8.08. The van der Waals surface area contributed by atoms with Crippen molar-refractivity contribution in [2.24, 2.45) is 5.92 Å². The molecule has 132 valence electrons. The number of halogens is 1. The van der Waals surface area contributed by atoms with E-state index >= 15 is 0 Å². The number of rotatable bonds is 7. The molecule has 1 aromatic carbocycles. The van der Waals surface area contributed by atoms with Gasteiger partial charge in [-0.15, -0.1) is 0 Å². The van der Waals surface area contributed by atoms with Crippen LogP contribution in [0.1, 0.15) is 31.2 Å². The maximum absolute atomic E-state index is 13.7. The third kappa shape index (κ3) is 5.02. The average molecular weight is 333 g/mol. The van der Waals surface area contributed by atoms with Crippen LogP contribution >= 0.6 is 0 Å². The summed E-state index contributed by atoms with van der Waals surface area (Å²) < 4.78 is 13.7. The predicted octanol–water partition coefficient (Wildman–Crippen LogP) is 2.25. The summed E-state index contributed by atoms with van der Waals surface area (Å²) in [7, 11) is 1.75. The minimum atomic E-state index is -0.250. The van der Waals surface area contributed by atoms with Crippen molar-refractivity contribution in [2.75, 3.05) is 33.2 Å². The lowest BCUT2D eigenvalue weighted by Gasteiger charge is -2.33. The molecule has 1 heterocycles. The summed E-state index contributed by atoms with van der Waals surface area (Å²) in [5.41, 5.74) is 0.566. The Hall–Kier alpha value is -1.46. The van der Waals surface area contributed by atoms with E-state index in [9.17, 15) is 9.18 Å². The number of hydrogen-bond acceptors (Lipinski definition) is 3. The van der Waals surface area contributed by atoms with Crippen molar-refractivity contribution in [1.82, 2.24) is 15.1 Å². The van der Waals surface area contributed by atoms with Gasteiger partial charge >= 0.3 is 0 Å². The number of benzene rings is 1. The van der Waals surface area contributed by atoms with Gasteiger partial charge in [-0.1, -0.05) is 18.2 Å². The Bertz CT molecular complexity index is 553. The summed E-state index contributed by atoms with van der Waals surface area (Å²) in [5.74, 6) is 0.721. The topological polar surface area (TPSA) is 35.6 Å². The molecule has 1 saturated carbocycles. The zero-order chi connectivity index (χ0) is 16.9. The third-order valence-corrected chi connectivity index (χ3v) is 5.13. The minimum absolute atomic E-state index is 0.0580. The lowest BCUT2D eigenvalue weighted by Crippen LogP contribution is -2.46. The van der Waals surface area contributed by atoms with Gasteiger partial charge in [0.2, 0.25) is 5.91 Å². The highest BCUT2D eigenvalue weighted by Crippen LogP contribution is 2.28. The summed E-state index contributed by atoms with van der Waals surface area (Å²) in [5, 5.41) is 3.66. The summed E-state index contributed by atoms with van der Waals surface area (Å²) in [6.45, 7) is 3.84. The molecule has 0 radical (unpaired) electrons. The van der Waals surface area contributed by atoms with E-state index in [2.05, 4.69) is 10.2 Å². The molecule has 0 aromatic heterocycles. The van der Waals surface area contributed by atoms with E-state index in [4.69, 9.17) is 0 Å². The van der Waals surface area contributed by atoms with Crippen LogP contribution in [-0.4, -0.2) is 55.0 Å². The van der Waals surface area contributed by atoms with Crippen LogP contribution in [0.15, 0.2) is 24.3 Å². The number of likely N-dealkylation sites (N-methyl/N-ethyl adjacent to an activating group) is 1. The molecule has 1 amide bonds. The van der Waals surface area contributed by atoms with Gasteiger partial charge < -0.3 is 10.2 Å². The van der Waals surface area contributed by atoms with Crippen molar-refractivity contribution in [1.29, 1.82) is 0 Å². The standard InChI is InChI=1S/C19H28FN3O/c1-22(13-16-4-2-3-5-18(16)20)19(24)14-23-10-8-17(9-11-23)21-12-15-6-7-15/h2-5,15,17,21H,6-14H2,1H3. The number of carbonyl (C=O) groups is 1. The molecule has 0 bridgehead atoms. The maximum atomic E-state index is 13.7. The van der Waals surface area contributed by atoms with Crippen molar-refractivity contribution in [2.45, 2.75) is 38.3 Å². The predicted molar refractivity (Wildman–Crippen MR) is 93.1 cm³/mol. The van der Waals surface area contributed by atoms with Crippen LogP contribution in [0.4, 0.5) is 4.39 Å². The summed E-state index contributed by atoms with van der Waals surface area (Å²) in [6.07, 6.45) is 4.98. The first-order valence-electron chi connectivity index (χ1n) is 9.05. The fourth-order valence-corrected chi connectivity index (χ4v) is 3.23. The molecule has 2 fully saturated rings. The van der Waals surface area contributed by atoms with Gasteiger partial charge in [0, 0.05) is 38.3 Å². The van der Waals surface area contributed by atoms with E-state index in [0.717, 1.165) is 38.4 Å². The SMILES string of the molecule is CN(Cc1ccccc1F)C(=O)CN1CCC(NCC2CC2)CC1. The van der Waals surface area contributed by atoms with Crippen LogP contribution in [0.5, 0.6) is 0 Å². The van der Waals surface area contributed by atoms with Crippen molar-refractivity contribution < 1.29 is 9.18 Å². The molecule has 4 nitrogen and oxygen atoms in total. The minimum Gasteiger partial charge on any atom is -0.340 e. The van der Waals surface area contributed by atoms with E-state index in [1.165, 1.54) is 18.9 Å². The molecule has 0 unspecified atom stereocenters. The van der Waals surface area contributed by atoms with Gasteiger partial charge in [0.05, 0.1) is 6.54 Å². The Morgan fingerprint density at radius 3 is 2.62 bits per heavy atom. The van der Waals surface area contributed by atoms with Crippen LogP contribution in [-0.2, 0) is 11.3 Å². The largest absolute Gasteiger partial charge is 0.340 e. The Morgan fingerprint density at radius 2 is 1.96 bits per heavy atom. The van der Waals surface area contributed by atoms with Gasteiger partial charge in [-0.25, -0.2) is 4.39 Å². The first-order valence-corrected chi connectivity index (χ1v) is 9.05. The normalized spacial score (nSPS) is 19.4. The van der Waals surface area contributed by atoms with Crippen molar-refractivity contribution >= 4 is 5.91 Å². The quantitative estimate of drug-likeness (QED) is 0.831. The van der Waals surface area contributed by atoms with Crippen LogP contribution < -0.4 is 5.32 Å². The second-order valence-corrected chi connectivity index (χ2v) is 7.24. The Morgan fingerprint density at radius 1 is 1.25 bits per heavy atom. The van der Waals surface area contributed by atoms with E-state index in [-0.39, 0.29) is 11.7 Å². The first-order chi connectivity index (χ1) is 11.6. The zero-order valence-electron chi connectivity index (χ0n) is 14.5. The number of carbonyl (C=O) groups excluding carboxylic acids is 1. The molecule has 0 spiro atoms. The second-order valence-electron chi connectivity index (χ2n) is 7.24. The molecular weight excluding hydrogens is 305 g/mol.